The zero-order chi connectivity index (χ0) is 20.9. The molecule has 0 radical (unpaired) electrons. The Hall–Kier alpha value is -3.90. The van der Waals surface area contributed by atoms with Gasteiger partial charge in [-0.3, -0.25) is 0 Å². The normalized spacial score (nSPS) is 15.0. The van der Waals surface area contributed by atoms with Crippen LogP contribution in [0.15, 0.2) is 109 Å². The van der Waals surface area contributed by atoms with Crippen molar-refractivity contribution in [3.63, 3.8) is 0 Å². The minimum absolute atomic E-state index is 0.233. The molecule has 0 saturated carbocycles. The highest BCUT2D eigenvalue weighted by Crippen LogP contribution is 2.64. The highest BCUT2D eigenvalue weighted by Gasteiger charge is 2.52. The summed E-state index contributed by atoms with van der Waals surface area (Å²) in [6, 6.07) is 40.9. The van der Waals surface area contributed by atoms with Crippen LogP contribution in [0.2, 0.25) is 0 Å². The molecule has 3 aliphatic rings. The molecule has 32 heavy (non-hydrogen) atoms. The maximum absolute atomic E-state index is 2.43. The molecule has 0 heteroatoms. The van der Waals surface area contributed by atoms with Crippen LogP contribution in [0, 0.1) is 0 Å². The lowest BCUT2D eigenvalue weighted by Crippen LogP contribution is -2.25. The van der Waals surface area contributed by atoms with Crippen LogP contribution in [0.3, 0.4) is 0 Å². The Labute approximate surface area is 187 Å². The molecule has 0 saturated heterocycles. The molecule has 0 N–H and O–H groups in total. The molecule has 0 amide bonds. The van der Waals surface area contributed by atoms with E-state index in [9.17, 15) is 0 Å². The number of hydrogen-bond donors (Lipinski definition) is 0. The van der Waals surface area contributed by atoms with Crippen molar-refractivity contribution >= 4 is 0 Å². The Morgan fingerprint density at radius 3 is 1.62 bits per heavy atom. The Bertz CT molecular complexity index is 1560. The Balaban J connectivity index is 1.56. The Morgan fingerprint density at radius 1 is 0.406 bits per heavy atom. The maximum Gasteiger partial charge on any atom is 0.0725 e. The average molecular weight is 405 g/mol. The van der Waals surface area contributed by atoms with Crippen LogP contribution in [-0.2, 0) is 11.8 Å². The van der Waals surface area contributed by atoms with Crippen molar-refractivity contribution in [2.45, 2.75) is 11.8 Å². The van der Waals surface area contributed by atoms with Crippen LogP contribution in [0.5, 0.6) is 0 Å². The second-order valence-corrected chi connectivity index (χ2v) is 9.23. The highest BCUT2D eigenvalue weighted by atomic mass is 14.5. The van der Waals surface area contributed by atoms with Crippen LogP contribution < -0.4 is 0 Å². The molecule has 0 atom stereocenters. The van der Waals surface area contributed by atoms with Crippen LogP contribution in [0.4, 0.5) is 0 Å². The first kappa shape index (κ1) is 16.8. The van der Waals surface area contributed by atoms with E-state index in [2.05, 4.69) is 109 Å². The summed E-state index contributed by atoms with van der Waals surface area (Å²) in [5.41, 5.74) is 16.8. The van der Waals surface area contributed by atoms with Gasteiger partial charge in [0.2, 0.25) is 0 Å². The van der Waals surface area contributed by atoms with Crippen molar-refractivity contribution < 1.29 is 0 Å². The lowest BCUT2D eigenvalue weighted by Gasteiger charge is -2.30. The monoisotopic (exact) mass is 404 g/mol. The first-order valence-corrected chi connectivity index (χ1v) is 11.4. The van der Waals surface area contributed by atoms with E-state index >= 15 is 0 Å². The highest BCUT2D eigenvalue weighted by molar-refractivity contribution is 5.98. The quantitative estimate of drug-likeness (QED) is 0.244. The van der Waals surface area contributed by atoms with Gasteiger partial charge < -0.3 is 0 Å². The smallest absolute Gasteiger partial charge is 0.0619 e. The van der Waals surface area contributed by atoms with Crippen molar-refractivity contribution in [1.82, 2.24) is 0 Å². The summed E-state index contributed by atoms with van der Waals surface area (Å²) in [5, 5.41) is 0. The van der Waals surface area contributed by atoms with Gasteiger partial charge in [0, 0.05) is 0 Å². The van der Waals surface area contributed by atoms with Crippen LogP contribution >= 0.6 is 0 Å². The number of hydrogen-bond acceptors (Lipinski definition) is 0. The van der Waals surface area contributed by atoms with Gasteiger partial charge in [-0.25, -0.2) is 0 Å². The van der Waals surface area contributed by atoms with E-state index < -0.39 is 0 Å². The topological polar surface area (TPSA) is 0 Å². The summed E-state index contributed by atoms with van der Waals surface area (Å²) >= 11 is 0. The van der Waals surface area contributed by atoms with E-state index in [-0.39, 0.29) is 5.41 Å². The zero-order valence-corrected chi connectivity index (χ0v) is 17.6. The van der Waals surface area contributed by atoms with Gasteiger partial charge in [-0.05, 0) is 73.2 Å². The second kappa shape index (κ2) is 5.66. The summed E-state index contributed by atoms with van der Waals surface area (Å²) in [6.07, 6.45) is 1.02. The van der Waals surface area contributed by atoms with E-state index in [0.717, 1.165) is 6.42 Å². The third kappa shape index (κ3) is 1.74. The Morgan fingerprint density at radius 2 is 0.938 bits per heavy atom. The van der Waals surface area contributed by atoms with E-state index in [0.29, 0.717) is 0 Å². The minimum atomic E-state index is -0.233. The fraction of sp³-hybridized carbons (Fsp3) is 0.0625. The molecule has 8 rings (SSSR count). The molecule has 0 aromatic heterocycles. The van der Waals surface area contributed by atoms with Gasteiger partial charge in [-0.15, -0.1) is 0 Å². The van der Waals surface area contributed by atoms with Crippen molar-refractivity contribution in [2.24, 2.45) is 0 Å². The van der Waals surface area contributed by atoms with E-state index in [4.69, 9.17) is 0 Å². The van der Waals surface area contributed by atoms with Gasteiger partial charge in [-0.1, -0.05) is 109 Å². The summed E-state index contributed by atoms with van der Waals surface area (Å²) in [6.45, 7) is 0. The zero-order valence-electron chi connectivity index (χ0n) is 17.6. The maximum atomic E-state index is 2.43. The molecular formula is C32H20. The molecule has 5 aromatic rings. The van der Waals surface area contributed by atoms with Gasteiger partial charge in [0.25, 0.3) is 0 Å². The molecule has 0 nitrogen and oxygen atoms in total. The lowest BCUT2D eigenvalue weighted by molar-refractivity contribution is 0.793. The first-order chi connectivity index (χ1) is 15.9. The van der Waals surface area contributed by atoms with E-state index in [1.165, 1.54) is 66.8 Å². The van der Waals surface area contributed by atoms with Crippen LogP contribution in [-0.4, -0.2) is 0 Å². The molecule has 0 heterocycles. The average Bonchev–Trinajstić information content (AvgIpc) is 3.48. The molecule has 5 aromatic carbocycles. The predicted octanol–water partition coefficient (Wildman–Crippen LogP) is 7.60. The third-order valence-corrected chi connectivity index (χ3v) is 7.94. The minimum Gasteiger partial charge on any atom is -0.0619 e. The molecule has 0 bridgehead atoms. The molecule has 0 fully saturated rings. The molecule has 0 unspecified atom stereocenters. The van der Waals surface area contributed by atoms with Crippen LogP contribution in [0.25, 0.3) is 33.4 Å². The SMILES string of the molecule is c1ccc2c(c1)Cc1c-2ccc2c1-c1ccccc1C21c2ccccc2-c2ccccc21. The predicted molar refractivity (Wildman–Crippen MR) is 131 cm³/mol. The van der Waals surface area contributed by atoms with Gasteiger partial charge in [0.15, 0.2) is 0 Å². The van der Waals surface area contributed by atoms with Crippen molar-refractivity contribution in [3.8, 4) is 33.4 Å². The summed E-state index contributed by atoms with van der Waals surface area (Å²) in [5.74, 6) is 0. The molecular weight excluding hydrogens is 384 g/mol. The lowest BCUT2D eigenvalue weighted by atomic mass is 9.70. The fourth-order valence-corrected chi connectivity index (χ4v) is 6.82. The third-order valence-electron chi connectivity index (χ3n) is 7.94. The molecule has 1 spiro atoms. The van der Waals surface area contributed by atoms with Gasteiger partial charge in [0.05, 0.1) is 5.41 Å². The fourth-order valence-electron chi connectivity index (χ4n) is 6.82. The largest absolute Gasteiger partial charge is 0.0725 e. The molecule has 3 aliphatic carbocycles. The summed E-state index contributed by atoms with van der Waals surface area (Å²) in [7, 11) is 0. The first-order valence-electron chi connectivity index (χ1n) is 11.4. The summed E-state index contributed by atoms with van der Waals surface area (Å²) < 4.78 is 0. The molecule has 0 aliphatic heterocycles. The van der Waals surface area contributed by atoms with Crippen LogP contribution in [0.1, 0.15) is 33.4 Å². The van der Waals surface area contributed by atoms with Gasteiger partial charge in [0.1, 0.15) is 0 Å². The summed E-state index contributed by atoms with van der Waals surface area (Å²) in [4.78, 5) is 0. The second-order valence-electron chi connectivity index (χ2n) is 9.23. The van der Waals surface area contributed by atoms with E-state index in [1.54, 1.807) is 0 Å². The van der Waals surface area contributed by atoms with Crippen molar-refractivity contribution in [1.29, 1.82) is 0 Å². The Kier molecular flexibility index (Phi) is 2.96. The molecule has 148 valence electrons. The number of rotatable bonds is 0. The van der Waals surface area contributed by atoms with E-state index in [1.807, 2.05) is 0 Å². The van der Waals surface area contributed by atoms with Crippen molar-refractivity contribution in [2.75, 3.05) is 0 Å². The van der Waals surface area contributed by atoms with Gasteiger partial charge >= 0.3 is 0 Å². The van der Waals surface area contributed by atoms with Gasteiger partial charge in [-0.2, -0.15) is 0 Å². The number of benzene rings is 5. The van der Waals surface area contributed by atoms with Crippen molar-refractivity contribution in [3.05, 3.63) is 143 Å². The number of fused-ring (bicyclic) bond motifs is 14. The standard InChI is InChI=1S/C32H20/c1-2-10-21-20(9-1)19-26-22(21)17-18-30-31(26)25-13-5-8-16-29(25)32(30)27-14-6-3-11-23(27)24-12-4-7-15-28(24)32/h1-18H,19H2.